The summed E-state index contributed by atoms with van der Waals surface area (Å²) in [4.78, 5) is 9.06. The molecule has 1 heterocycles. The minimum atomic E-state index is 0.606. The molecular weight excluding hydrogens is 293 g/mol. The van der Waals surface area contributed by atoms with Crippen molar-refractivity contribution in [2.24, 2.45) is 4.58 Å². The number of nitroso groups, excluding NO2 is 1. The monoisotopic (exact) mass is 309 g/mol. The molecule has 0 aliphatic carbocycles. The molecule has 0 unspecified atom stereocenters. The molecule has 0 saturated carbocycles. The summed E-state index contributed by atoms with van der Waals surface area (Å²) in [5.41, 5.74) is 0. The SMILES string of the molecule is C1CCNC1.CNSN=O.Clc1ccccc1Cl. The Labute approximate surface area is 122 Å². The summed E-state index contributed by atoms with van der Waals surface area (Å²) in [6.07, 6.45) is 2.78. The molecule has 2 rings (SSSR count). The highest BCUT2D eigenvalue weighted by molar-refractivity contribution is 7.95. The Kier molecular flexibility index (Phi) is 12.9. The Morgan fingerprint density at radius 2 is 1.72 bits per heavy atom. The van der Waals surface area contributed by atoms with Gasteiger partial charge in [0.15, 0.2) is 0 Å². The van der Waals surface area contributed by atoms with Crippen molar-refractivity contribution in [3.8, 4) is 0 Å². The average Bonchev–Trinajstić information content (AvgIpc) is 2.94. The van der Waals surface area contributed by atoms with Gasteiger partial charge < -0.3 is 5.32 Å². The molecule has 1 aromatic carbocycles. The van der Waals surface area contributed by atoms with Crippen molar-refractivity contribution in [2.45, 2.75) is 12.8 Å². The molecule has 1 aliphatic heterocycles. The Morgan fingerprint density at radius 3 is 1.89 bits per heavy atom. The Hall–Kier alpha value is -0.330. The lowest BCUT2D eigenvalue weighted by atomic mass is 10.4. The third-order valence-electron chi connectivity index (χ3n) is 1.91. The van der Waals surface area contributed by atoms with Crippen LogP contribution in [0.3, 0.4) is 0 Å². The lowest BCUT2D eigenvalue weighted by molar-refractivity contribution is 0.857. The van der Waals surface area contributed by atoms with E-state index in [1.165, 1.54) is 25.9 Å². The second-order valence-electron chi connectivity index (χ2n) is 3.24. The van der Waals surface area contributed by atoms with Gasteiger partial charge in [-0.15, -0.1) is 4.91 Å². The number of benzene rings is 1. The second-order valence-corrected chi connectivity index (χ2v) is 4.80. The van der Waals surface area contributed by atoms with Crippen LogP contribution in [-0.4, -0.2) is 20.1 Å². The first-order valence-electron chi connectivity index (χ1n) is 5.48. The molecule has 0 aromatic heterocycles. The zero-order valence-corrected chi connectivity index (χ0v) is 12.5. The van der Waals surface area contributed by atoms with E-state index in [4.69, 9.17) is 28.1 Å². The van der Waals surface area contributed by atoms with E-state index < -0.39 is 0 Å². The minimum Gasteiger partial charge on any atom is -0.317 e. The van der Waals surface area contributed by atoms with Crippen molar-refractivity contribution in [2.75, 3.05) is 20.1 Å². The molecule has 2 N–H and O–H groups in total. The van der Waals surface area contributed by atoms with Crippen LogP contribution >= 0.6 is 35.3 Å². The van der Waals surface area contributed by atoms with Gasteiger partial charge in [0, 0.05) is 4.58 Å². The van der Waals surface area contributed by atoms with E-state index in [1.54, 1.807) is 19.2 Å². The smallest absolute Gasteiger partial charge is 0.105 e. The molecule has 0 amide bonds. The fraction of sp³-hybridized carbons (Fsp3) is 0.455. The van der Waals surface area contributed by atoms with Gasteiger partial charge in [0.1, 0.15) is 12.1 Å². The van der Waals surface area contributed by atoms with E-state index in [9.17, 15) is 0 Å². The largest absolute Gasteiger partial charge is 0.317 e. The summed E-state index contributed by atoms with van der Waals surface area (Å²) >= 11 is 11.9. The second kappa shape index (κ2) is 13.1. The predicted molar refractivity (Wildman–Crippen MR) is 81.0 cm³/mol. The highest BCUT2D eigenvalue weighted by atomic mass is 35.5. The number of hydrogen-bond acceptors (Lipinski definition) is 5. The zero-order chi connectivity index (χ0) is 13.6. The quantitative estimate of drug-likeness (QED) is 0.642. The maximum absolute atomic E-state index is 9.06. The van der Waals surface area contributed by atoms with Crippen molar-refractivity contribution in [3.05, 3.63) is 39.2 Å². The summed E-state index contributed by atoms with van der Waals surface area (Å²) in [6.45, 7) is 2.50. The molecule has 18 heavy (non-hydrogen) atoms. The fourth-order valence-electron chi connectivity index (χ4n) is 1.10. The number of hydrogen-bond donors (Lipinski definition) is 2. The highest BCUT2D eigenvalue weighted by Crippen LogP contribution is 2.19. The summed E-state index contributed by atoms with van der Waals surface area (Å²) in [7, 11) is 1.63. The molecule has 1 aromatic rings. The van der Waals surface area contributed by atoms with Crippen molar-refractivity contribution < 1.29 is 0 Å². The van der Waals surface area contributed by atoms with Crippen molar-refractivity contribution >= 4 is 35.3 Å². The van der Waals surface area contributed by atoms with Crippen LogP contribution in [0.4, 0.5) is 0 Å². The van der Waals surface area contributed by atoms with E-state index in [1.807, 2.05) is 12.1 Å². The molecule has 102 valence electrons. The van der Waals surface area contributed by atoms with Gasteiger partial charge in [-0.3, -0.25) is 0 Å². The van der Waals surface area contributed by atoms with Crippen LogP contribution in [0.2, 0.25) is 10.0 Å². The van der Waals surface area contributed by atoms with Crippen molar-refractivity contribution in [3.63, 3.8) is 0 Å². The molecule has 0 atom stereocenters. The summed E-state index contributed by atoms with van der Waals surface area (Å²) in [6, 6.07) is 7.19. The molecule has 1 saturated heterocycles. The number of nitrogens with zero attached hydrogens (tertiary/aromatic N) is 1. The lowest BCUT2D eigenvalue weighted by Gasteiger charge is -1.88. The van der Waals surface area contributed by atoms with Gasteiger partial charge in [0.2, 0.25) is 0 Å². The molecule has 4 nitrogen and oxygen atoms in total. The van der Waals surface area contributed by atoms with Crippen LogP contribution in [0.1, 0.15) is 12.8 Å². The van der Waals surface area contributed by atoms with E-state index in [-0.39, 0.29) is 0 Å². The van der Waals surface area contributed by atoms with Gasteiger partial charge in [-0.1, -0.05) is 35.3 Å². The lowest BCUT2D eigenvalue weighted by Crippen LogP contribution is -2.03. The normalized spacial score (nSPS) is 12.8. The van der Waals surface area contributed by atoms with Crippen LogP contribution in [0, 0.1) is 4.91 Å². The van der Waals surface area contributed by atoms with Crippen molar-refractivity contribution in [1.29, 1.82) is 0 Å². The number of halogens is 2. The van der Waals surface area contributed by atoms with E-state index in [0.29, 0.717) is 10.0 Å². The summed E-state index contributed by atoms with van der Waals surface area (Å²) in [5, 5.41) is 4.43. The van der Waals surface area contributed by atoms with E-state index >= 15 is 0 Å². The Balaban J connectivity index is 0.000000254. The molecule has 0 bridgehead atoms. The van der Waals surface area contributed by atoms with Crippen LogP contribution in [-0.2, 0) is 0 Å². The summed E-state index contributed by atoms with van der Waals surface area (Å²) in [5.74, 6) is 0. The van der Waals surface area contributed by atoms with Crippen molar-refractivity contribution in [1.82, 2.24) is 10.0 Å². The first-order valence-corrected chi connectivity index (χ1v) is 7.01. The van der Waals surface area contributed by atoms with Gasteiger partial charge >= 0.3 is 0 Å². The molecule has 1 fully saturated rings. The van der Waals surface area contributed by atoms with Gasteiger partial charge in [0.05, 0.1) is 10.0 Å². The standard InChI is InChI=1S/C6H4Cl2.C4H9N.CH4N2OS/c7-5-3-1-2-4-6(5)8;1-2-4-5-3-1;1-2-5-3-4/h1-4H;5H,1-4H2;2H,1H3. The highest BCUT2D eigenvalue weighted by Gasteiger charge is 1.93. The number of nitrogens with one attached hydrogen (secondary N) is 2. The van der Waals surface area contributed by atoms with Gasteiger partial charge in [-0.25, -0.2) is 4.72 Å². The maximum Gasteiger partial charge on any atom is 0.105 e. The first-order chi connectivity index (χ1) is 8.72. The zero-order valence-electron chi connectivity index (χ0n) is 10.2. The van der Waals surface area contributed by atoms with Gasteiger partial charge in [-0.05, 0) is 45.1 Å². The average molecular weight is 310 g/mol. The topological polar surface area (TPSA) is 53.5 Å². The molecular formula is C11H17Cl2N3OS. The summed E-state index contributed by atoms with van der Waals surface area (Å²) < 4.78 is 4.86. The van der Waals surface area contributed by atoms with Crippen LogP contribution in [0.5, 0.6) is 0 Å². The molecule has 0 radical (unpaired) electrons. The maximum atomic E-state index is 9.06. The first kappa shape index (κ1) is 17.7. The van der Waals surface area contributed by atoms with Gasteiger partial charge in [-0.2, -0.15) is 0 Å². The number of rotatable bonds is 2. The van der Waals surface area contributed by atoms with E-state index in [0.717, 1.165) is 12.1 Å². The Bertz CT molecular complexity index is 296. The van der Waals surface area contributed by atoms with E-state index in [2.05, 4.69) is 14.6 Å². The fourth-order valence-corrected chi connectivity index (χ4v) is 1.45. The third-order valence-corrected chi connectivity index (χ3v) is 2.92. The molecule has 0 spiro atoms. The van der Waals surface area contributed by atoms with Crippen LogP contribution < -0.4 is 10.0 Å². The third kappa shape index (κ3) is 10.8. The Morgan fingerprint density at radius 1 is 1.22 bits per heavy atom. The minimum absolute atomic E-state index is 0.606. The molecule has 1 aliphatic rings. The van der Waals surface area contributed by atoms with Crippen LogP contribution in [0.25, 0.3) is 0 Å². The van der Waals surface area contributed by atoms with Crippen LogP contribution in [0.15, 0.2) is 28.8 Å². The predicted octanol–water partition coefficient (Wildman–Crippen LogP) is 3.90. The molecule has 7 heteroatoms. The van der Waals surface area contributed by atoms with Gasteiger partial charge in [0.25, 0.3) is 0 Å².